The van der Waals surface area contributed by atoms with Crippen LogP contribution in [0.2, 0.25) is 0 Å². The number of rotatable bonds is 5. The van der Waals surface area contributed by atoms with Gasteiger partial charge in [-0.3, -0.25) is 9.59 Å². The molecule has 1 aliphatic heterocycles. The second kappa shape index (κ2) is 8.98. The Morgan fingerprint density at radius 3 is 2.55 bits per heavy atom. The van der Waals surface area contributed by atoms with Gasteiger partial charge in [0.15, 0.2) is 0 Å². The largest absolute Gasteiger partial charge is 0.487 e. The van der Waals surface area contributed by atoms with E-state index in [2.05, 4.69) is 10.6 Å². The van der Waals surface area contributed by atoms with E-state index in [1.165, 1.54) is 12.3 Å². The number of furan rings is 1. The van der Waals surface area contributed by atoms with Crippen LogP contribution in [0.15, 0.2) is 71.0 Å². The highest BCUT2D eigenvalue weighted by Crippen LogP contribution is 2.40. The Kier molecular flexibility index (Phi) is 6.09. The van der Waals surface area contributed by atoms with Gasteiger partial charge in [0, 0.05) is 23.6 Å². The van der Waals surface area contributed by atoms with Crippen molar-refractivity contribution in [3.63, 3.8) is 0 Å². The fourth-order valence-corrected chi connectivity index (χ4v) is 3.99. The van der Waals surface area contributed by atoms with Crippen LogP contribution in [-0.4, -0.2) is 17.4 Å². The molecular formula is C27H28N2O4. The molecule has 33 heavy (non-hydrogen) atoms. The number of carbonyl (C=O) groups is 2. The van der Waals surface area contributed by atoms with E-state index in [1.54, 1.807) is 24.3 Å². The first-order valence-electron chi connectivity index (χ1n) is 10.9. The lowest BCUT2D eigenvalue weighted by atomic mass is 9.89. The SMILES string of the molecule is Cc1cccc(C(=O)N/C(=C\c2ccco2)C(=O)N[C@H]2CC(C)(C)Oc3ccc(C)cc32)c1. The maximum Gasteiger partial charge on any atom is 0.268 e. The summed E-state index contributed by atoms with van der Waals surface area (Å²) in [6, 6.07) is 16.3. The molecule has 1 aromatic heterocycles. The van der Waals surface area contributed by atoms with Crippen LogP contribution in [0.1, 0.15) is 59.1 Å². The van der Waals surface area contributed by atoms with Crippen molar-refractivity contribution in [2.75, 3.05) is 0 Å². The summed E-state index contributed by atoms with van der Waals surface area (Å²) in [5, 5.41) is 5.86. The number of ether oxygens (including phenoxy) is 1. The van der Waals surface area contributed by atoms with E-state index in [4.69, 9.17) is 9.15 Å². The minimum atomic E-state index is -0.449. The zero-order valence-corrected chi connectivity index (χ0v) is 19.3. The van der Waals surface area contributed by atoms with Gasteiger partial charge in [0.2, 0.25) is 0 Å². The zero-order valence-electron chi connectivity index (χ0n) is 19.3. The maximum atomic E-state index is 13.4. The van der Waals surface area contributed by atoms with Gasteiger partial charge in [-0.05, 0) is 58.0 Å². The van der Waals surface area contributed by atoms with Gasteiger partial charge in [0.1, 0.15) is 22.8 Å². The molecule has 1 aliphatic rings. The summed E-state index contributed by atoms with van der Waals surface area (Å²) in [6.45, 7) is 7.90. The van der Waals surface area contributed by atoms with Crippen molar-refractivity contribution in [2.24, 2.45) is 0 Å². The van der Waals surface area contributed by atoms with Gasteiger partial charge in [-0.25, -0.2) is 0 Å². The molecule has 2 aromatic carbocycles. The van der Waals surface area contributed by atoms with Crippen molar-refractivity contribution in [3.05, 3.63) is 94.6 Å². The molecule has 4 rings (SSSR count). The second-order valence-electron chi connectivity index (χ2n) is 9.03. The van der Waals surface area contributed by atoms with E-state index in [9.17, 15) is 9.59 Å². The highest BCUT2D eigenvalue weighted by molar-refractivity contribution is 6.05. The van der Waals surface area contributed by atoms with Crippen molar-refractivity contribution in [3.8, 4) is 5.75 Å². The Hall–Kier alpha value is -3.80. The minimum Gasteiger partial charge on any atom is -0.487 e. The third-order valence-corrected chi connectivity index (χ3v) is 5.53. The number of hydrogen-bond acceptors (Lipinski definition) is 4. The fourth-order valence-electron chi connectivity index (χ4n) is 3.99. The van der Waals surface area contributed by atoms with Crippen molar-refractivity contribution in [1.82, 2.24) is 10.6 Å². The number of nitrogens with one attached hydrogen (secondary N) is 2. The highest BCUT2D eigenvalue weighted by atomic mass is 16.5. The van der Waals surface area contributed by atoms with E-state index in [-0.39, 0.29) is 17.6 Å². The Bertz CT molecular complexity index is 1210. The molecule has 2 heterocycles. The molecule has 0 radical (unpaired) electrons. The molecule has 0 fully saturated rings. The highest BCUT2D eigenvalue weighted by Gasteiger charge is 2.35. The number of fused-ring (bicyclic) bond motifs is 1. The van der Waals surface area contributed by atoms with Crippen LogP contribution >= 0.6 is 0 Å². The molecule has 0 saturated carbocycles. The first kappa shape index (κ1) is 22.4. The molecule has 2 N–H and O–H groups in total. The smallest absolute Gasteiger partial charge is 0.268 e. The minimum absolute atomic E-state index is 0.106. The molecule has 0 unspecified atom stereocenters. The average molecular weight is 445 g/mol. The molecule has 1 atom stereocenters. The third-order valence-electron chi connectivity index (χ3n) is 5.53. The number of carbonyl (C=O) groups excluding carboxylic acids is 2. The van der Waals surface area contributed by atoms with Gasteiger partial charge >= 0.3 is 0 Å². The van der Waals surface area contributed by atoms with Crippen LogP contribution in [0.5, 0.6) is 5.75 Å². The molecule has 3 aromatic rings. The number of amides is 2. The summed E-state index contributed by atoms with van der Waals surface area (Å²) in [5.41, 5.74) is 3.09. The lowest BCUT2D eigenvalue weighted by Gasteiger charge is -2.38. The Morgan fingerprint density at radius 2 is 1.82 bits per heavy atom. The van der Waals surface area contributed by atoms with Crippen LogP contribution in [-0.2, 0) is 4.79 Å². The van der Waals surface area contributed by atoms with Crippen LogP contribution in [0.25, 0.3) is 6.08 Å². The van der Waals surface area contributed by atoms with Crippen LogP contribution in [0, 0.1) is 13.8 Å². The number of hydrogen-bond donors (Lipinski definition) is 2. The van der Waals surface area contributed by atoms with Gasteiger partial charge < -0.3 is 19.8 Å². The van der Waals surface area contributed by atoms with Gasteiger partial charge in [-0.1, -0.05) is 35.4 Å². The predicted molar refractivity (Wildman–Crippen MR) is 127 cm³/mol. The van der Waals surface area contributed by atoms with Crippen LogP contribution < -0.4 is 15.4 Å². The summed E-state index contributed by atoms with van der Waals surface area (Å²) in [5.74, 6) is 0.452. The second-order valence-corrected chi connectivity index (χ2v) is 9.03. The van der Waals surface area contributed by atoms with Crippen molar-refractivity contribution < 1.29 is 18.7 Å². The van der Waals surface area contributed by atoms with Gasteiger partial charge in [-0.2, -0.15) is 0 Å². The molecule has 6 heteroatoms. The summed E-state index contributed by atoms with van der Waals surface area (Å²) >= 11 is 0. The first-order chi connectivity index (χ1) is 15.7. The molecule has 2 amide bonds. The van der Waals surface area contributed by atoms with Crippen LogP contribution in [0.3, 0.4) is 0 Å². The zero-order chi connectivity index (χ0) is 23.6. The third kappa shape index (κ3) is 5.34. The monoisotopic (exact) mass is 444 g/mol. The molecule has 0 spiro atoms. The summed E-state index contributed by atoms with van der Waals surface area (Å²) in [7, 11) is 0. The number of aryl methyl sites for hydroxylation is 2. The molecule has 0 aliphatic carbocycles. The van der Waals surface area contributed by atoms with Gasteiger partial charge in [-0.15, -0.1) is 0 Å². The predicted octanol–water partition coefficient (Wildman–Crippen LogP) is 5.09. The van der Waals surface area contributed by atoms with Gasteiger partial charge in [0.25, 0.3) is 11.8 Å². The van der Waals surface area contributed by atoms with Crippen molar-refractivity contribution >= 4 is 17.9 Å². The van der Waals surface area contributed by atoms with E-state index in [0.29, 0.717) is 17.7 Å². The molecule has 6 nitrogen and oxygen atoms in total. The van der Waals surface area contributed by atoms with Crippen molar-refractivity contribution in [2.45, 2.75) is 45.8 Å². The lowest BCUT2D eigenvalue weighted by Crippen LogP contribution is -2.43. The molecular weight excluding hydrogens is 416 g/mol. The average Bonchev–Trinajstić information content (AvgIpc) is 3.26. The topological polar surface area (TPSA) is 80.6 Å². The van der Waals surface area contributed by atoms with Gasteiger partial charge in [0.05, 0.1) is 12.3 Å². The Labute approximate surface area is 193 Å². The first-order valence-corrected chi connectivity index (χ1v) is 10.9. The molecule has 0 saturated heterocycles. The Morgan fingerprint density at radius 1 is 1.03 bits per heavy atom. The van der Waals surface area contributed by atoms with E-state index >= 15 is 0 Å². The normalized spacial score (nSPS) is 17.0. The standard InChI is InChI=1S/C27H28N2O4/c1-17-7-5-8-19(13-17)25(30)28-22(15-20-9-6-12-32-20)26(31)29-23-16-27(3,4)33-24-11-10-18(2)14-21(23)24/h5-15,23H,16H2,1-4H3,(H,28,30)(H,29,31)/b22-15-/t23-/m0/s1. The lowest BCUT2D eigenvalue weighted by molar-refractivity contribution is -0.119. The summed E-state index contributed by atoms with van der Waals surface area (Å²) in [6.07, 6.45) is 3.64. The number of benzene rings is 2. The maximum absolute atomic E-state index is 13.4. The van der Waals surface area contributed by atoms with E-state index in [0.717, 1.165) is 22.4 Å². The van der Waals surface area contributed by atoms with Crippen molar-refractivity contribution in [1.29, 1.82) is 0 Å². The fraction of sp³-hybridized carbons (Fsp3) is 0.259. The summed E-state index contributed by atoms with van der Waals surface area (Å²) in [4.78, 5) is 26.3. The summed E-state index contributed by atoms with van der Waals surface area (Å²) < 4.78 is 11.5. The van der Waals surface area contributed by atoms with E-state index < -0.39 is 11.5 Å². The quantitative estimate of drug-likeness (QED) is 0.538. The van der Waals surface area contributed by atoms with Crippen LogP contribution in [0.4, 0.5) is 0 Å². The van der Waals surface area contributed by atoms with E-state index in [1.807, 2.05) is 58.0 Å². The molecule has 0 bridgehead atoms. The Balaban J connectivity index is 1.62. The molecule has 170 valence electrons.